The number of benzene rings is 1. The molecule has 3 rings (SSSR count). The largest absolute Gasteiger partial charge is 0.434 e. The summed E-state index contributed by atoms with van der Waals surface area (Å²) in [6.45, 7) is -0.0725. The van der Waals surface area contributed by atoms with Crippen molar-refractivity contribution in [2.24, 2.45) is 17.8 Å². The summed E-state index contributed by atoms with van der Waals surface area (Å²) in [5.41, 5.74) is 6.03. The number of primary amides is 1. The third-order valence-corrected chi connectivity index (χ3v) is 3.47. The van der Waals surface area contributed by atoms with E-state index in [9.17, 15) is 14.0 Å². The molecule has 1 atom stereocenters. The monoisotopic (exact) mass is 308 g/mol. The maximum atomic E-state index is 14.3. The van der Waals surface area contributed by atoms with Crippen molar-refractivity contribution in [1.82, 2.24) is 4.57 Å². The molecule has 2 aromatic rings. The van der Waals surface area contributed by atoms with E-state index in [-0.39, 0.29) is 29.0 Å². The van der Waals surface area contributed by atoms with Crippen molar-refractivity contribution in [1.29, 1.82) is 0 Å². The van der Waals surface area contributed by atoms with Gasteiger partial charge in [0.25, 0.3) is 11.6 Å². The van der Waals surface area contributed by atoms with Crippen LogP contribution in [-0.2, 0) is 16.6 Å². The molecule has 0 unspecified atom stereocenters. The number of carbonyl (C=O) groups excluding carboxylic acids is 2. The number of rotatable bonds is 2. The standard InChI is InChI=1S/C13H13FN4O4/c1-16-12-17(2)10-7(14)3-6(4-8(10)21-12)18-5-9(11(15)19)22-13(18)20/h3-4,9H,5H2,1-2H3,(H2,15,19)/t9-/m1/s1. The molecule has 9 heteroatoms. The fourth-order valence-corrected chi connectivity index (χ4v) is 2.40. The minimum absolute atomic E-state index is 0.0725. The quantitative estimate of drug-likeness (QED) is 0.859. The minimum atomic E-state index is -1.06. The summed E-state index contributed by atoms with van der Waals surface area (Å²) in [5.74, 6) is -1.34. The van der Waals surface area contributed by atoms with Crippen molar-refractivity contribution in [3.63, 3.8) is 0 Å². The summed E-state index contributed by atoms with van der Waals surface area (Å²) in [6, 6.07) is 2.65. The second-order valence-corrected chi connectivity index (χ2v) is 4.83. The number of hydrogen-bond acceptors (Lipinski definition) is 5. The number of amides is 2. The van der Waals surface area contributed by atoms with Crippen molar-refractivity contribution in [3.8, 4) is 0 Å². The van der Waals surface area contributed by atoms with Gasteiger partial charge in [0.15, 0.2) is 17.5 Å². The number of carbonyl (C=O) groups is 2. The molecule has 1 fully saturated rings. The summed E-state index contributed by atoms with van der Waals surface area (Å²) >= 11 is 0. The highest BCUT2D eigenvalue weighted by molar-refractivity contribution is 5.96. The summed E-state index contributed by atoms with van der Waals surface area (Å²) in [5, 5.41) is 0. The molecule has 2 heterocycles. The first-order valence-electron chi connectivity index (χ1n) is 6.41. The second-order valence-electron chi connectivity index (χ2n) is 4.83. The molecule has 0 saturated carbocycles. The summed E-state index contributed by atoms with van der Waals surface area (Å²) in [4.78, 5) is 27.9. The van der Waals surface area contributed by atoms with Crippen molar-refractivity contribution < 1.29 is 23.1 Å². The molecule has 116 valence electrons. The summed E-state index contributed by atoms with van der Waals surface area (Å²) < 4.78 is 26.0. The Kier molecular flexibility index (Phi) is 3.12. The van der Waals surface area contributed by atoms with Gasteiger partial charge in [-0.25, -0.2) is 14.2 Å². The van der Waals surface area contributed by atoms with Crippen LogP contribution in [0.2, 0.25) is 0 Å². The molecule has 0 aliphatic carbocycles. The van der Waals surface area contributed by atoms with E-state index in [2.05, 4.69) is 4.99 Å². The van der Waals surface area contributed by atoms with Gasteiger partial charge in [-0.1, -0.05) is 0 Å². The average Bonchev–Trinajstić information content (AvgIpc) is 3.00. The molecule has 1 aromatic carbocycles. The van der Waals surface area contributed by atoms with Crippen molar-refractivity contribution in [3.05, 3.63) is 23.6 Å². The van der Waals surface area contributed by atoms with Crippen LogP contribution >= 0.6 is 0 Å². The first-order chi connectivity index (χ1) is 10.4. The van der Waals surface area contributed by atoms with Crippen LogP contribution in [0.1, 0.15) is 0 Å². The Morgan fingerprint density at radius 2 is 2.23 bits per heavy atom. The zero-order valence-electron chi connectivity index (χ0n) is 11.9. The molecule has 1 aromatic heterocycles. The lowest BCUT2D eigenvalue weighted by molar-refractivity contribution is -0.124. The number of nitrogens with zero attached hydrogens (tertiary/aromatic N) is 3. The Bertz CT molecular complexity index is 854. The minimum Gasteiger partial charge on any atom is -0.434 e. The van der Waals surface area contributed by atoms with Gasteiger partial charge < -0.3 is 14.9 Å². The molecule has 1 aliphatic heterocycles. The molecule has 1 aliphatic rings. The van der Waals surface area contributed by atoms with Crippen LogP contribution in [-0.4, -0.2) is 36.3 Å². The third-order valence-electron chi connectivity index (χ3n) is 3.47. The Morgan fingerprint density at radius 1 is 1.50 bits per heavy atom. The van der Waals surface area contributed by atoms with Crippen molar-refractivity contribution in [2.75, 3.05) is 18.5 Å². The third kappa shape index (κ3) is 2.01. The van der Waals surface area contributed by atoms with Crippen LogP contribution < -0.4 is 16.3 Å². The Labute approximate surface area is 123 Å². The number of nitrogens with two attached hydrogens (primary N) is 1. The molecule has 2 amide bonds. The van der Waals surface area contributed by atoms with Gasteiger partial charge >= 0.3 is 6.09 Å². The van der Waals surface area contributed by atoms with E-state index in [1.807, 2.05) is 0 Å². The number of anilines is 1. The number of aryl methyl sites for hydroxylation is 1. The first-order valence-corrected chi connectivity index (χ1v) is 6.41. The lowest BCUT2D eigenvalue weighted by atomic mass is 10.2. The van der Waals surface area contributed by atoms with E-state index >= 15 is 0 Å². The van der Waals surface area contributed by atoms with E-state index in [4.69, 9.17) is 14.9 Å². The summed E-state index contributed by atoms with van der Waals surface area (Å²) in [7, 11) is 3.13. The molecular formula is C13H13FN4O4. The number of hydrogen-bond donors (Lipinski definition) is 1. The van der Waals surface area contributed by atoms with Gasteiger partial charge in [-0.3, -0.25) is 14.3 Å². The van der Waals surface area contributed by atoms with Crippen LogP contribution in [0.5, 0.6) is 0 Å². The van der Waals surface area contributed by atoms with Crippen molar-refractivity contribution in [2.45, 2.75) is 6.10 Å². The fraction of sp³-hybridized carbons (Fsp3) is 0.308. The van der Waals surface area contributed by atoms with Crippen LogP contribution in [0.3, 0.4) is 0 Å². The highest BCUT2D eigenvalue weighted by Crippen LogP contribution is 2.27. The number of halogens is 1. The zero-order valence-corrected chi connectivity index (χ0v) is 11.9. The van der Waals surface area contributed by atoms with E-state index in [1.165, 1.54) is 23.7 Å². The number of oxazole rings is 1. The maximum Gasteiger partial charge on any atom is 0.415 e. The SMILES string of the molecule is CN=c1oc2cc(N3C[C@H](C(N)=O)OC3=O)cc(F)c2n1C. The first kappa shape index (κ1) is 14.1. The number of cyclic esters (lactones) is 1. The van der Waals surface area contributed by atoms with E-state index in [0.29, 0.717) is 0 Å². The Hall–Kier alpha value is -2.84. The van der Waals surface area contributed by atoms with Gasteiger partial charge in [0.05, 0.1) is 12.2 Å². The second kappa shape index (κ2) is 4.86. The highest BCUT2D eigenvalue weighted by Gasteiger charge is 2.36. The number of ether oxygens (including phenoxy) is 1. The molecule has 1 saturated heterocycles. The van der Waals surface area contributed by atoms with Gasteiger partial charge in [0, 0.05) is 26.2 Å². The zero-order chi connectivity index (χ0) is 16.0. The van der Waals surface area contributed by atoms with E-state index < -0.39 is 23.9 Å². The van der Waals surface area contributed by atoms with Gasteiger partial charge in [0.2, 0.25) is 0 Å². The summed E-state index contributed by atoms with van der Waals surface area (Å²) in [6.07, 6.45) is -1.82. The Morgan fingerprint density at radius 3 is 2.82 bits per heavy atom. The van der Waals surface area contributed by atoms with Crippen LogP contribution in [0, 0.1) is 5.82 Å². The van der Waals surface area contributed by atoms with Gasteiger partial charge in [-0.2, -0.15) is 0 Å². The Balaban J connectivity index is 2.10. The molecule has 2 N–H and O–H groups in total. The van der Waals surface area contributed by atoms with Gasteiger partial charge in [-0.15, -0.1) is 0 Å². The van der Waals surface area contributed by atoms with Crippen LogP contribution in [0.15, 0.2) is 21.5 Å². The molecule has 0 spiro atoms. The lowest BCUT2D eigenvalue weighted by Crippen LogP contribution is -2.32. The van der Waals surface area contributed by atoms with Crippen LogP contribution in [0.4, 0.5) is 14.9 Å². The molecule has 0 radical (unpaired) electrons. The predicted molar refractivity (Wildman–Crippen MR) is 73.4 cm³/mol. The average molecular weight is 308 g/mol. The van der Waals surface area contributed by atoms with Crippen LogP contribution in [0.25, 0.3) is 11.1 Å². The molecule has 0 bridgehead atoms. The number of aromatic nitrogens is 1. The number of fused-ring (bicyclic) bond motifs is 1. The smallest absolute Gasteiger partial charge is 0.415 e. The predicted octanol–water partition coefficient (Wildman–Crippen LogP) is 0.251. The highest BCUT2D eigenvalue weighted by atomic mass is 19.1. The van der Waals surface area contributed by atoms with E-state index in [0.717, 1.165) is 4.90 Å². The topological polar surface area (TPSA) is 103 Å². The fourth-order valence-electron chi connectivity index (χ4n) is 2.40. The van der Waals surface area contributed by atoms with E-state index in [1.54, 1.807) is 7.05 Å². The van der Waals surface area contributed by atoms with Gasteiger partial charge in [-0.05, 0) is 0 Å². The molecule has 22 heavy (non-hydrogen) atoms. The maximum absolute atomic E-state index is 14.3. The normalized spacial score (nSPS) is 19.0. The van der Waals surface area contributed by atoms with Gasteiger partial charge in [0.1, 0.15) is 5.52 Å². The lowest BCUT2D eigenvalue weighted by Gasteiger charge is -2.12. The molecular weight excluding hydrogens is 295 g/mol. The van der Waals surface area contributed by atoms with Crippen molar-refractivity contribution >= 4 is 28.8 Å². The molecule has 8 nitrogen and oxygen atoms in total.